The fraction of sp³-hybridized carbons (Fsp3) is 0.500. The molecular formula is C30H37FO4. The van der Waals surface area contributed by atoms with Crippen LogP contribution in [0.15, 0.2) is 49.1 Å². The number of hydrogen-bond donors (Lipinski definition) is 1. The van der Waals surface area contributed by atoms with Crippen molar-refractivity contribution in [3.8, 4) is 16.9 Å². The summed E-state index contributed by atoms with van der Waals surface area (Å²) < 4.78 is 26.0. The van der Waals surface area contributed by atoms with Gasteiger partial charge in [0.2, 0.25) is 0 Å². The minimum atomic E-state index is -0.544. The van der Waals surface area contributed by atoms with Gasteiger partial charge in [-0.25, -0.2) is 9.18 Å². The van der Waals surface area contributed by atoms with Crippen molar-refractivity contribution in [1.82, 2.24) is 0 Å². The highest BCUT2D eigenvalue weighted by Crippen LogP contribution is 2.43. The van der Waals surface area contributed by atoms with E-state index in [1.54, 1.807) is 24.3 Å². The van der Waals surface area contributed by atoms with Crippen molar-refractivity contribution in [2.24, 2.45) is 11.8 Å². The van der Waals surface area contributed by atoms with E-state index in [9.17, 15) is 4.79 Å². The molecule has 0 amide bonds. The van der Waals surface area contributed by atoms with Gasteiger partial charge < -0.3 is 14.6 Å². The molecule has 2 fully saturated rings. The molecule has 0 spiro atoms. The third kappa shape index (κ3) is 6.52. The molecule has 2 aliphatic carbocycles. The second-order valence-corrected chi connectivity index (χ2v) is 9.96. The lowest BCUT2D eigenvalue weighted by molar-refractivity contribution is -0.139. The van der Waals surface area contributed by atoms with Crippen LogP contribution in [-0.4, -0.2) is 24.3 Å². The third-order valence-corrected chi connectivity index (χ3v) is 7.81. The van der Waals surface area contributed by atoms with Crippen LogP contribution < -0.4 is 4.74 Å². The standard InChI is InChI=1S/C30H37FO4/c1-2-30(33)35-20-26-18-25(13-15-29(26)34-17-16-32)27-14-12-24(19-28(27)31)23-10-8-22(9-11-23)21-6-4-3-5-7-21/h2,12-15,18-19,21-23,32H,1,3-11,16-17,20H2. The van der Waals surface area contributed by atoms with E-state index in [4.69, 9.17) is 14.6 Å². The molecule has 0 bridgehead atoms. The topological polar surface area (TPSA) is 55.8 Å². The second-order valence-electron chi connectivity index (χ2n) is 9.96. The van der Waals surface area contributed by atoms with Crippen molar-refractivity contribution in [2.45, 2.75) is 70.3 Å². The Labute approximate surface area is 208 Å². The number of aliphatic hydroxyl groups is 1. The first-order chi connectivity index (χ1) is 17.1. The summed E-state index contributed by atoms with van der Waals surface area (Å²) >= 11 is 0. The summed E-state index contributed by atoms with van der Waals surface area (Å²) in [5, 5.41) is 9.08. The number of benzene rings is 2. The van der Waals surface area contributed by atoms with Gasteiger partial charge in [0, 0.05) is 17.2 Å². The lowest BCUT2D eigenvalue weighted by Gasteiger charge is -2.36. The van der Waals surface area contributed by atoms with Crippen LogP contribution in [0.25, 0.3) is 11.1 Å². The number of ether oxygens (including phenoxy) is 2. The summed E-state index contributed by atoms with van der Waals surface area (Å²) in [6, 6.07) is 10.9. The molecule has 0 aliphatic heterocycles. The maximum absolute atomic E-state index is 15.3. The molecule has 2 aromatic carbocycles. The molecule has 0 aromatic heterocycles. The van der Waals surface area contributed by atoms with Crippen LogP contribution in [0, 0.1) is 17.7 Å². The first kappa shape index (κ1) is 25.4. The number of esters is 1. The summed E-state index contributed by atoms with van der Waals surface area (Å²) in [6.45, 7) is 3.37. The minimum absolute atomic E-state index is 0.0244. The molecule has 5 heteroatoms. The van der Waals surface area contributed by atoms with Gasteiger partial charge in [-0.1, -0.05) is 56.9 Å². The van der Waals surface area contributed by atoms with E-state index in [1.807, 2.05) is 6.07 Å². The predicted molar refractivity (Wildman–Crippen MR) is 136 cm³/mol. The molecule has 4 rings (SSSR count). The second kappa shape index (κ2) is 12.3. The SMILES string of the molecule is C=CC(=O)OCc1cc(-c2ccc(C3CCC(C4CCCCC4)CC3)cc2F)ccc1OCCO. The van der Waals surface area contributed by atoms with Crippen LogP contribution in [0.3, 0.4) is 0 Å². The maximum Gasteiger partial charge on any atom is 0.330 e. The van der Waals surface area contributed by atoms with Crippen LogP contribution >= 0.6 is 0 Å². The highest BCUT2D eigenvalue weighted by atomic mass is 19.1. The maximum atomic E-state index is 15.3. The van der Waals surface area contributed by atoms with Gasteiger partial charge in [0.05, 0.1) is 6.61 Å². The Morgan fingerprint density at radius 2 is 1.74 bits per heavy atom. The van der Waals surface area contributed by atoms with Crippen molar-refractivity contribution >= 4 is 5.97 Å². The Morgan fingerprint density at radius 1 is 1.00 bits per heavy atom. The van der Waals surface area contributed by atoms with Gasteiger partial charge in [-0.2, -0.15) is 0 Å². The van der Waals surface area contributed by atoms with Gasteiger partial charge in [0.15, 0.2) is 0 Å². The molecule has 0 saturated heterocycles. The fourth-order valence-electron chi connectivity index (χ4n) is 5.91. The third-order valence-electron chi connectivity index (χ3n) is 7.81. The van der Waals surface area contributed by atoms with E-state index in [0.29, 0.717) is 28.4 Å². The van der Waals surface area contributed by atoms with Crippen LogP contribution in [0.1, 0.15) is 74.8 Å². The summed E-state index contributed by atoms with van der Waals surface area (Å²) in [5.74, 6) is 1.91. The highest BCUT2D eigenvalue weighted by Gasteiger charge is 2.29. The predicted octanol–water partition coefficient (Wildman–Crippen LogP) is 6.95. The largest absolute Gasteiger partial charge is 0.491 e. The normalized spacial score (nSPS) is 20.9. The number of halogens is 1. The Kier molecular flexibility index (Phi) is 8.97. The van der Waals surface area contributed by atoms with E-state index in [-0.39, 0.29) is 25.6 Å². The first-order valence-corrected chi connectivity index (χ1v) is 13.0. The highest BCUT2D eigenvalue weighted by molar-refractivity contribution is 5.81. The molecule has 0 unspecified atom stereocenters. The average molecular weight is 481 g/mol. The summed E-state index contributed by atoms with van der Waals surface area (Å²) in [5.41, 5.74) is 2.90. The van der Waals surface area contributed by atoms with Crippen LogP contribution in [-0.2, 0) is 16.1 Å². The van der Waals surface area contributed by atoms with E-state index in [1.165, 1.54) is 44.9 Å². The van der Waals surface area contributed by atoms with Crippen molar-refractivity contribution in [3.63, 3.8) is 0 Å². The molecule has 2 saturated carbocycles. The van der Waals surface area contributed by atoms with E-state index >= 15 is 4.39 Å². The van der Waals surface area contributed by atoms with Crippen LogP contribution in [0.2, 0.25) is 0 Å². The smallest absolute Gasteiger partial charge is 0.330 e. The number of aliphatic hydroxyl groups excluding tert-OH is 1. The number of carbonyl (C=O) groups excluding carboxylic acids is 1. The molecular weight excluding hydrogens is 443 g/mol. The van der Waals surface area contributed by atoms with Gasteiger partial charge in [-0.3, -0.25) is 0 Å². The molecule has 35 heavy (non-hydrogen) atoms. The summed E-state index contributed by atoms with van der Waals surface area (Å²) in [4.78, 5) is 11.5. The minimum Gasteiger partial charge on any atom is -0.491 e. The lowest BCUT2D eigenvalue weighted by atomic mass is 9.70. The van der Waals surface area contributed by atoms with Crippen molar-refractivity contribution in [1.29, 1.82) is 0 Å². The number of rotatable bonds is 9. The molecule has 0 radical (unpaired) electrons. The first-order valence-electron chi connectivity index (χ1n) is 13.0. The lowest BCUT2D eigenvalue weighted by Crippen LogP contribution is -2.23. The molecule has 0 heterocycles. The van der Waals surface area contributed by atoms with Crippen LogP contribution in [0.4, 0.5) is 4.39 Å². The Bertz CT molecular complexity index is 1000. The zero-order chi connectivity index (χ0) is 24.6. The zero-order valence-corrected chi connectivity index (χ0v) is 20.5. The quantitative estimate of drug-likeness (QED) is 0.312. The van der Waals surface area contributed by atoms with E-state index in [2.05, 4.69) is 12.6 Å². The van der Waals surface area contributed by atoms with Crippen LogP contribution in [0.5, 0.6) is 5.75 Å². The molecule has 188 valence electrons. The molecule has 2 aromatic rings. The Hall–Kier alpha value is -2.66. The van der Waals surface area contributed by atoms with Gasteiger partial charge >= 0.3 is 5.97 Å². The number of hydrogen-bond acceptors (Lipinski definition) is 4. The summed E-state index contributed by atoms with van der Waals surface area (Å²) in [7, 11) is 0. The van der Waals surface area contributed by atoms with Gasteiger partial charge in [-0.15, -0.1) is 0 Å². The fourth-order valence-corrected chi connectivity index (χ4v) is 5.91. The molecule has 0 atom stereocenters. The van der Waals surface area contributed by atoms with E-state index < -0.39 is 5.97 Å². The summed E-state index contributed by atoms with van der Waals surface area (Å²) in [6.07, 6.45) is 12.9. The van der Waals surface area contributed by atoms with Gasteiger partial charge in [0.25, 0.3) is 0 Å². The zero-order valence-electron chi connectivity index (χ0n) is 20.5. The average Bonchev–Trinajstić information content (AvgIpc) is 2.91. The van der Waals surface area contributed by atoms with Gasteiger partial charge in [-0.05, 0) is 72.8 Å². The molecule has 4 nitrogen and oxygen atoms in total. The van der Waals surface area contributed by atoms with Crippen molar-refractivity contribution in [2.75, 3.05) is 13.2 Å². The van der Waals surface area contributed by atoms with Gasteiger partial charge in [0.1, 0.15) is 24.8 Å². The Morgan fingerprint density at radius 3 is 2.43 bits per heavy atom. The monoisotopic (exact) mass is 480 g/mol. The molecule has 2 aliphatic rings. The molecule has 1 N–H and O–H groups in total. The van der Waals surface area contributed by atoms with E-state index in [0.717, 1.165) is 36.3 Å². The van der Waals surface area contributed by atoms with Crippen molar-refractivity contribution < 1.29 is 23.8 Å². The Balaban J connectivity index is 1.46. The number of carbonyl (C=O) groups is 1. The van der Waals surface area contributed by atoms with Crippen molar-refractivity contribution in [3.05, 3.63) is 66.0 Å².